The van der Waals surface area contributed by atoms with Gasteiger partial charge in [0.05, 0.1) is 0 Å². The summed E-state index contributed by atoms with van der Waals surface area (Å²) < 4.78 is 5.52. The summed E-state index contributed by atoms with van der Waals surface area (Å²) in [5.74, 6) is 0.344. The number of aliphatic hydroxyl groups excluding tert-OH is 1. The molecule has 0 saturated heterocycles. The molecule has 1 heterocycles. The molecular formula is C15H21N3O2. The molecule has 1 aliphatic carbocycles. The quantitative estimate of drug-likeness (QED) is 0.815. The van der Waals surface area contributed by atoms with Gasteiger partial charge in [-0.3, -0.25) is 0 Å². The van der Waals surface area contributed by atoms with E-state index in [-0.39, 0.29) is 6.61 Å². The third-order valence-corrected chi connectivity index (χ3v) is 3.40. The molecule has 5 nitrogen and oxygen atoms in total. The van der Waals surface area contributed by atoms with Gasteiger partial charge in [0.15, 0.2) is 0 Å². The van der Waals surface area contributed by atoms with E-state index in [4.69, 9.17) is 4.74 Å². The Morgan fingerprint density at radius 3 is 3.00 bits per heavy atom. The van der Waals surface area contributed by atoms with Crippen LogP contribution < -0.4 is 10.1 Å². The van der Waals surface area contributed by atoms with Crippen LogP contribution in [0.3, 0.4) is 0 Å². The Bertz CT molecular complexity index is 509. The second-order valence-corrected chi connectivity index (χ2v) is 5.44. The maximum absolute atomic E-state index is 9.82. The molecule has 2 N–H and O–H groups in total. The number of hydrogen-bond acceptors (Lipinski definition) is 5. The lowest BCUT2D eigenvalue weighted by Crippen LogP contribution is -2.35. The molecule has 0 amide bonds. The highest BCUT2D eigenvalue weighted by atomic mass is 16.5. The summed E-state index contributed by atoms with van der Waals surface area (Å²) in [7, 11) is 0. The number of ether oxygens (including phenoxy) is 1. The van der Waals surface area contributed by atoms with Crippen LogP contribution in [0.5, 0.6) is 5.88 Å². The van der Waals surface area contributed by atoms with E-state index in [0.29, 0.717) is 24.0 Å². The molecule has 0 saturated carbocycles. The Labute approximate surface area is 119 Å². The molecule has 5 heteroatoms. The van der Waals surface area contributed by atoms with Crippen molar-refractivity contribution in [3.05, 3.63) is 22.9 Å². The molecule has 0 bridgehead atoms. The van der Waals surface area contributed by atoms with Gasteiger partial charge in [-0.15, -0.1) is 0 Å². The standard InChI is InChI=1S/C15H21N3O2/c1-10(2)17-8-12(19)9-20-15-14(6-16)13-5-3-4-11(13)7-18-15/h7,10,12,17,19H,3-5,8-9H2,1-2H3/t12-/m1/s1. The monoisotopic (exact) mass is 275 g/mol. The van der Waals surface area contributed by atoms with Gasteiger partial charge >= 0.3 is 0 Å². The molecule has 2 rings (SSSR count). The summed E-state index contributed by atoms with van der Waals surface area (Å²) in [6.07, 6.45) is 4.14. The number of aryl methyl sites for hydroxylation is 1. The number of aromatic nitrogens is 1. The van der Waals surface area contributed by atoms with E-state index in [1.807, 2.05) is 13.8 Å². The van der Waals surface area contributed by atoms with Crippen molar-refractivity contribution in [2.45, 2.75) is 45.3 Å². The SMILES string of the molecule is CC(C)NC[C@@H](O)COc1ncc2c(c1C#N)CCC2. The second-order valence-electron chi connectivity index (χ2n) is 5.44. The topological polar surface area (TPSA) is 78.2 Å². The first-order valence-corrected chi connectivity index (χ1v) is 7.07. The van der Waals surface area contributed by atoms with E-state index >= 15 is 0 Å². The first kappa shape index (κ1) is 14.8. The smallest absolute Gasteiger partial charge is 0.232 e. The first-order chi connectivity index (χ1) is 9.61. The van der Waals surface area contributed by atoms with Crippen LogP contribution in [-0.2, 0) is 12.8 Å². The van der Waals surface area contributed by atoms with Crippen LogP contribution >= 0.6 is 0 Å². The van der Waals surface area contributed by atoms with Crippen molar-refractivity contribution in [2.24, 2.45) is 0 Å². The van der Waals surface area contributed by atoms with E-state index in [1.165, 1.54) is 0 Å². The number of nitrogens with zero attached hydrogens (tertiary/aromatic N) is 2. The number of pyridine rings is 1. The molecule has 108 valence electrons. The summed E-state index contributed by atoms with van der Waals surface area (Å²) in [6, 6.07) is 2.50. The summed E-state index contributed by atoms with van der Waals surface area (Å²) in [4.78, 5) is 4.21. The zero-order valence-corrected chi connectivity index (χ0v) is 12.0. The van der Waals surface area contributed by atoms with E-state index in [9.17, 15) is 10.4 Å². The molecular weight excluding hydrogens is 254 g/mol. The minimum absolute atomic E-state index is 0.139. The maximum Gasteiger partial charge on any atom is 0.232 e. The Kier molecular flexibility index (Phi) is 4.94. The number of hydrogen-bond donors (Lipinski definition) is 2. The fraction of sp³-hybridized carbons (Fsp3) is 0.600. The van der Waals surface area contributed by atoms with Crippen molar-refractivity contribution in [1.82, 2.24) is 10.3 Å². The molecule has 0 unspecified atom stereocenters. The van der Waals surface area contributed by atoms with E-state index in [1.54, 1.807) is 6.20 Å². The summed E-state index contributed by atoms with van der Waals surface area (Å²) in [6.45, 7) is 4.64. The third-order valence-electron chi connectivity index (χ3n) is 3.40. The summed E-state index contributed by atoms with van der Waals surface area (Å²) in [5.41, 5.74) is 2.74. The van der Waals surface area contributed by atoms with Crippen LogP contribution in [0.25, 0.3) is 0 Å². The van der Waals surface area contributed by atoms with Gasteiger partial charge in [-0.25, -0.2) is 4.98 Å². The lowest BCUT2D eigenvalue weighted by Gasteiger charge is -2.15. The van der Waals surface area contributed by atoms with Gasteiger partial charge in [-0.05, 0) is 30.4 Å². The lowest BCUT2D eigenvalue weighted by molar-refractivity contribution is 0.102. The van der Waals surface area contributed by atoms with Gasteiger partial charge in [-0.2, -0.15) is 5.26 Å². The zero-order chi connectivity index (χ0) is 14.5. The van der Waals surface area contributed by atoms with Crippen LogP contribution in [0.2, 0.25) is 0 Å². The minimum atomic E-state index is -0.612. The van der Waals surface area contributed by atoms with Crippen molar-refractivity contribution in [3.8, 4) is 11.9 Å². The predicted octanol–water partition coefficient (Wildman–Crippen LogP) is 1.18. The highest BCUT2D eigenvalue weighted by molar-refractivity contribution is 5.49. The van der Waals surface area contributed by atoms with Gasteiger partial charge in [0.2, 0.25) is 5.88 Å². The molecule has 20 heavy (non-hydrogen) atoms. The molecule has 1 atom stereocenters. The Morgan fingerprint density at radius 2 is 2.30 bits per heavy atom. The third kappa shape index (κ3) is 3.47. The van der Waals surface area contributed by atoms with Gasteiger partial charge in [0.1, 0.15) is 24.3 Å². The van der Waals surface area contributed by atoms with Crippen LogP contribution in [-0.4, -0.2) is 35.4 Å². The maximum atomic E-state index is 9.82. The number of nitrogens with one attached hydrogen (secondary N) is 1. The fourth-order valence-electron chi connectivity index (χ4n) is 2.36. The van der Waals surface area contributed by atoms with Crippen molar-refractivity contribution in [2.75, 3.05) is 13.2 Å². The average Bonchev–Trinajstić information content (AvgIpc) is 2.90. The highest BCUT2D eigenvalue weighted by Gasteiger charge is 2.20. The molecule has 0 fully saturated rings. The highest BCUT2D eigenvalue weighted by Crippen LogP contribution is 2.29. The van der Waals surface area contributed by atoms with Gasteiger partial charge in [-0.1, -0.05) is 13.8 Å². The van der Waals surface area contributed by atoms with E-state index < -0.39 is 6.10 Å². The molecule has 0 radical (unpaired) electrons. The molecule has 1 aromatic heterocycles. The minimum Gasteiger partial charge on any atom is -0.474 e. The van der Waals surface area contributed by atoms with Gasteiger partial charge in [0.25, 0.3) is 0 Å². The van der Waals surface area contributed by atoms with Crippen LogP contribution in [0.15, 0.2) is 6.20 Å². The summed E-state index contributed by atoms with van der Waals surface area (Å²) in [5, 5.41) is 22.2. The van der Waals surface area contributed by atoms with Crippen LogP contribution in [0, 0.1) is 11.3 Å². The first-order valence-electron chi connectivity index (χ1n) is 7.07. The molecule has 1 aliphatic rings. The molecule has 0 aromatic carbocycles. The number of rotatable bonds is 6. The Morgan fingerprint density at radius 1 is 1.50 bits per heavy atom. The van der Waals surface area contributed by atoms with Gasteiger partial charge < -0.3 is 15.2 Å². The van der Waals surface area contributed by atoms with Crippen molar-refractivity contribution in [3.63, 3.8) is 0 Å². The molecule has 0 aliphatic heterocycles. The van der Waals surface area contributed by atoms with Crippen molar-refractivity contribution < 1.29 is 9.84 Å². The molecule has 1 aromatic rings. The number of fused-ring (bicyclic) bond motifs is 1. The lowest BCUT2D eigenvalue weighted by atomic mass is 10.1. The summed E-state index contributed by atoms with van der Waals surface area (Å²) >= 11 is 0. The number of nitriles is 1. The van der Waals surface area contributed by atoms with Crippen molar-refractivity contribution in [1.29, 1.82) is 5.26 Å². The zero-order valence-electron chi connectivity index (χ0n) is 12.0. The normalized spacial score (nSPS) is 14.9. The molecule has 0 spiro atoms. The largest absolute Gasteiger partial charge is 0.474 e. The average molecular weight is 275 g/mol. The fourth-order valence-corrected chi connectivity index (χ4v) is 2.36. The van der Waals surface area contributed by atoms with E-state index in [2.05, 4.69) is 16.4 Å². The number of aliphatic hydroxyl groups is 1. The van der Waals surface area contributed by atoms with Crippen LogP contribution in [0.1, 0.15) is 37.0 Å². The second kappa shape index (κ2) is 6.69. The Balaban J connectivity index is 1.98. The Hall–Kier alpha value is -1.64. The predicted molar refractivity (Wildman–Crippen MR) is 75.6 cm³/mol. The van der Waals surface area contributed by atoms with Gasteiger partial charge in [0, 0.05) is 18.8 Å². The van der Waals surface area contributed by atoms with E-state index in [0.717, 1.165) is 30.4 Å². The van der Waals surface area contributed by atoms with Crippen molar-refractivity contribution >= 4 is 0 Å². The van der Waals surface area contributed by atoms with Crippen LogP contribution in [0.4, 0.5) is 0 Å².